The lowest BCUT2D eigenvalue weighted by Crippen LogP contribution is -2.44. The van der Waals surface area contributed by atoms with E-state index in [0.29, 0.717) is 0 Å². The molecule has 0 N–H and O–H groups in total. The van der Waals surface area contributed by atoms with Gasteiger partial charge in [0.05, 0.1) is 0 Å². The van der Waals surface area contributed by atoms with Crippen LogP contribution in [0.5, 0.6) is 0 Å². The highest BCUT2D eigenvalue weighted by atomic mass is 28.4. The van der Waals surface area contributed by atoms with Gasteiger partial charge in [0.2, 0.25) is 0 Å². The van der Waals surface area contributed by atoms with E-state index >= 15 is 0 Å². The lowest BCUT2D eigenvalue weighted by Gasteiger charge is -2.27. The highest BCUT2D eigenvalue weighted by molar-refractivity contribution is 6.60. The molecule has 152 valence electrons. The molecule has 0 aliphatic heterocycles. The first kappa shape index (κ1) is 25.1. The van der Waals surface area contributed by atoms with Gasteiger partial charge in [-0.3, -0.25) is 0 Å². The van der Waals surface area contributed by atoms with Crippen molar-refractivity contribution in [2.24, 2.45) is 0 Å². The fourth-order valence-corrected chi connectivity index (χ4v) is 5.08. The molecule has 0 aromatic heterocycles. The first-order valence-electron chi connectivity index (χ1n) is 10.5. The number of rotatable bonds is 19. The lowest BCUT2D eigenvalue weighted by atomic mass is 10.1. The third-order valence-corrected chi connectivity index (χ3v) is 7.63. The Morgan fingerprint density at radius 3 is 1.60 bits per heavy atom. The Kier molecular flexibility index (Phi) is 17.5. The van der Waals surface area contributed by atoms with Gasteiger partial charge in [0.15, 0.2) is 0 Å². The standard InChI is InChI=1S/C20H45NO3Si/c1-6-7-8-9-10-11-12-13-14-15-16-19-24-25(22-4,23-5)20-17-18-21(2)3/h6-20H2,1-5H3. The van der Waals surface area contributed by atoms with E-state index in [2.05, 4.69) is 25.9 Å². The van der Waals surface area contributed by atoms with E-state index in [1.807, 2.05) is 0 Å². The summed E-state index contributed by atoms with van der Waals surface area (Å²) in [4.78, 5) is 2.19. The average molecular weight is 376 g/mol. The van der Waals surface area contributed by atoms with Crippen LogP contribution >= 0.6 is 0 Å². The molecule has 4 nitrogen and oxygen atoms in total. The van der Waals surface area contributed by atoms with E-state index in [1.54, 1.807) is 14.2 Å². The van der Waals surface area contributed by atoms with Crippen LogP contribution in [0.4, 0.5) is 0 Å². The van der Waals surface area contributed by atoms with Crippen LogP contribution in [0.25, 0.3) is 0 Å². The Bertz CT molecular complexity index is 274. The van der Waals surface area contributed by atoms with Crippen molar-refractivity contribution in [3.8, 4) is 0 Å². The van der Waals surface area contributed by atoms with Crippen LogP contribution < -0.4 is 0 Å². The molecule has 0 amide bonds. The van der Waals surface area contributed by atoms with Gasteiger partial charge in [-0.1, -0.05) is 71.1 Å². The van der Waals surface area contributed by atoms with E-state index in [-0.39, 0.29) is 0 Å². The number of hydrogen-bond donors (Lipinski definition) is 0. The topological polar surface area (TPSA) is 30.9 Å². The predicted octanol–water partition coefficient (Wildman–Crippen LogP) is 5.50. The summed E-state index contributed by atoms with van der Waals surface area (Å²) in [6.07, 6.45) is 15.9. The molecule has 0 aliphatic rings. The molecule has 0 aromatic rings. The van der Waals surface area contributed by atoms with Crippen LogP contribution in [0.1, 0.15) is 84.0 Å². The molecular formula is C20H45NO3Si. The molecule has 0 saturated heterocycles. The molecule has 0 bridgehead atoms. The maximum atomic E-state index is 6.07. The number of unbranched alkanes of at least 4 members (excludes halogenated alkanes) is 10. The molecule has 0 heterocycles. The van der Waals surface area contributed by atoms with Crippen LogP contribution in [-0.2, 0) is 13.3 Å². The molecule has 5 heteroatoms. The molecule has 0 aliphatic carbocycles. The second kappa shape index (κ2) is 17.5. The van der Waals surface area contributed by atoms with Crippen molar-refractivity contribution < 1.29 is 13.3 Å². The minimum Gasteiger partial charge on any atom is -0.377 e. The second-order valence-electron chi connectivity index (χ2n) is 7.38. The van der Waals surface area contributed by atoms with Crippen LogP contribution in [0, 0.1) is 0 Å². The summed E-state index contributed by atoms with van der Waals surface area (Å²) in [5, 5.41) is 0. The Labute approximate surface area is 159 Å². The molecular weight excluding hydrogens is 330 g/mol. The van der Waals surface area contributed by atoms with Crippen LogP contribution in [0.2, 0.25) is 6.04 Å². The van der Waals surface area contributed by atoms with Crippen molar-refractivity contribution in [2.75, 3.05) is 41.5 Å². The van der Waals surface area contributed by atoms with E-state index in [9.17, 15) is 0 Å². The average Bonchev–Trinajstić information content (AvgIpc) is 2.61. The van der Waals surface area contributed by atoms with Crippen molar-refractivity contribution in [1.29, 1.82) is 0 Å². The van der Waals surface area contributed by atoms with E-state index < -0.39 is 8.80 Å². The van der Waals surface area contributed by atoms with Crippen molar-refractivity contribution in [2.45, 2.75) is 90.0 Å². The summed E-state index contributed by atoms with van der Waals surface area (Å²) in [6, 6.07) is 0.899. The SMILES string of the molecule is CCCCCCCCCCCCCO[Si](CCCN(C)C)(OC)OC. The zero-order valence-electron chi connectivity index (χ0n) is 17.8. The van der Waals surface area contributed by atoms with E-state index in [0.717, 1.165) is 32.0 Å². The van der Waals surface area contributed by atoms with E-state index in [4.69, 9.17) is 13.3 Å². The quantitative estimate of drug-likeness (QED) is 0.220. The lowest BCUT2D eigenvalue weighted by molar-refractivity contribution is 0.0951. The van der Waals surface area contributed by atoms with E-state index in [1.165, 1.54) is 64.2 Å². The van der Waals surface area contributed by atoms with Crippen molar-refractivity contribution in [3.63, 3.8) is 0 Å². The minimum absolute atomic E-state index is 0.771. The van der Waals surface area contributed by atoms with Gasteiger partial charge in [-0.2, -0.15) is 0 Å². The Hall–Kier alpha value is 0.0569. The van der Waals surface area contributed by atoms with Crippen molar-refractivity contribution >= 4 is 8.80 Å². The maximum Gasteiger partial charge on any atom is 0.500 e. The first-order valence-corrected chi connectivity index (χ1v) is 12.4. The summed E-state index contributed by atoms with van der Waals surface area (Å²) >= 11 is 0. The molecule has 0 rings (SSSR count). The minimum atomic E-state index is -2.43. The molecule has 0 aromatic carbocycles. The van der Waals surface area contributed by atoms with Crippen LogP contribution in [0.15, 0.2) is 0 Å². The van der Waals surface area contributed by atoms with Gasteiger partial charge in [-0.25, -0.2) is 0 Å². The molecule has 25 heavy (non-hydrogen) atoms. The Morgan fingerprint density at radius 2 is 1.16 bits per heavy atom. The molecule has 0 spiro atoms. The highest BCUT2D eigenvalue weighted by Gasteiger charge is 2.38. The normalized spacial score (nSPS) is 12.2. The number of hydrogen-bond acceptors (Lipinski definition) is 4. The summed E-state index contributed by atoms with van der Waals surface area (Å²) in [7, 11) is 5.21. The molecule has 0 saturated carbocycles. The van der Waals surface area contributed by atoms with Crippen molar-refractivity contribution in [1.82, 2.24) is 4.90 Å². The fraction of sp³-hybridized carbons (Fsp3) is 1.00. The van der Waals surface area contributed by atoms with Crippen molar-refractivity contribution in [3.05, 3.63) is 0 Å². The zero-order chi connectivity index (χ0) is 18.8. The van der Waals surface area contributed by atoms with Crippen LogP contribution in [-0.4, -0.2) is 55.2 Å². The third kappa shape index (κ3) is 14.9. The van der Waals surface area contributed by atoms with Gasteiger partial charge >= 0.3 is 8.80 Å². The second-order valence-corrected chi connectivity index (χ2v) is 10.4. The Morgan fingerprint density at radius 1 is 0.680 bits per heavy atom. The largest absolute Gasteiger partial charge is 0.500 e. The smallest absolute Gasteiger partial charge is 0.377 e. The summed E-state index contributed by atoms with van der Waals surface area (Å²) in [5.74, 6) is 0. The van der Waals surface area contributed by atoms with Gasteiger partial charge in [0, 0.05) is 26.9 Å². The van der Waals surface area contributed by atoms with Crippen LogP contribution in [0.3, 0.4) is 0 Å². The fourth-order valence-electron chi connectivity index (χ4n) is 3.08. The van der Waals surface area contributed by atoms with Gasteiger partial charge in [0.25, 0.3) is 0 Å². The maximum absolute atomic E-state index is 6.07. The Balaban J connectivity index is 3.59. The first-order chi connectivity index (χ1) is 12.1. The summed E-state index contributed by atoms with van der Waals surface area (Å²) in [6.45, 7) is 4.09. The number of nitrogens with zero attached hydrogens (tertiary/aromatic N) is 1. The highest BCUT2D eigenvalue weighted by Crippen LogP contribution is 2.17. The van der Waals surface area contributed by atoms with Gasteiger partial charge in [-0.05, 0) is 33.5 Å². The molecule has 0 unspecified atom stereocenters. The van der Waals surface area contributed by atoms with Gasteiger partial charge in [-0.15, -0.1) is 0 Å². The predicted molar refractivity (Wildman–Crippen MR) is 110 cm³/mol. The molecule has 0 radical (unpaired) electrons. The molecule has 0 atom stereocenters. The summed E-state index contributed by atoms with van der Waals surface area (Å²) < 4.78 is 17.4. The monoisotopic (exact) mass is 375 g/mol. The van der Waals surface area contributed by atoms with Gasteiger partial charge < -0.3 is 18.2 Å². The summed E-state index contributed by atoms with van der Waals surface area (Å²) in [5.41, 5.74) is 0. The van der Waals surface area contributed by atoms with Gasteiger partial charge in [0.1, 0.15) is 0 Å². The molecule has 0 fully saturated rings. The zero-order valence-corrected chi connectivity index (χ0v) is 18.8. The third-order valence-electron chi connectivity index (χ3n) is 4.78.